The number of carbonyl (C=O) groups excluding carboxylic acids is 2. The lowest BCUT2D eigenvalue weighted by atomic mass is 10.1. The molecular weight excluding hydrogens is 393 g/mol. The smallest absolute Gasteiger partial charge is 0.277 e. The number of fused-ring (bicyclic) bond motifs is 1. The van der Waals surface area contributed by atoms with E-state index >= 15 is 0 Å². The molecular formula is C18H15Cl2N3O4. The average molecular weight is 408 g/mol. The van der Waals surface area contributed by atoms with Crippen molar-refractivity contribution in [1.29, 1.82) is 0 Å². The number of hydrazone groups is 1. The second-order valence-electron chi connectivity index (χ2n) is 5.64. The van der Waals surface area contributed by atoms with Gasteiger partial charge in [0.2, 0.25) is 0 Å². The predicted octanol–water partition coefficient (Wildman–Crippen LogP) is 3.24. The number of anilines is 1. The summed E-state index contributed by atoms with van der Waals surface area (Å²) >= 11 is 11.8. The third-order valence-corrected chi connectivity index (χ3v) is 4.16. The molecule has 0 aromatic heterocycles. The highest BCUT2D eigenvalue weighted by Crippen LogP contribution is 2.29. The van der Waals surface area contributed by atoms with E-state index < -0.39 is 5.91 Å². The van der Waals surface area contributed by atoms with Crippen LogP contribution in [0.4, 0.5) is 5.69 Å². The number of nitrogens with zero attached hydrogens (tertiary/aromatic N) is 1. The highest BCUT2D eigenvalue weighted by molar-refractivity contribution is 6.35. The van der Waals surface area contributed by atoms with Gasteiger partial charge in [0.05, 0.1) is 16.4 Å². The number of hydrogen-bond acceptors (Lipinski definition) is 5. The molecule has 3 rings (SSSR count). The highest BCUT2D eigenvalue weighted by atomic mass is 35.5. The van der Waals surface area contributed by atoms with Gasteiger partial charge in [-0.05, 0) is 48.9 Å². The van der Waals surface area contributed by atoms with Crippen molar-refractivity contribution < 1.29 is 19.1 Å². The van der Waals surface area contributed by atoms with E-state index in [0.29, 0.717) is 32.9 Å². The summed E-state index contributed by atoms with van der Waals surface area (Å²) in [6.45, 7) is 1.46. The van der Waals surface area contributed by atoms with Gasteiger partial charge in [-0.15, -0.1) is 0 Å². The molecule has 1 aliphatic heterocycles. The Hall–Kier alpha value is -2.77. The maximum absolute atomic E-state index is 11.9. The molecule has 0 fully saturated rings. The topological polar surface area (TPSA) is 89.0 Å². The molecule has 27 heavy (non-hydrogen) atoms. The molecule has 140 valence electrons. The Kier molecular flexibility index (Phi) is 5.83. The van der Waals surface area contributed by atoms with Gasteiger partial charge in [0, 0.05) is 5.02 Å². The molecule has 2 aromatic rings. The molecule has 7 nitrogen and oxygen atoms in total. The van der Waals surface area contributed by atoms with Crippen LogP contribution in [0.25, 0.3) is 0 Å². The molecule has 2 aromatic carbocycles. The van der Waals surface area contributed by atoms with Crippen molar-refractivity contribution in [2.45, 2.75) is 6.92 Å². The van der Waals surface area contributed by atoms with Gasteiger partial charge in [0.15, 0.2) is 13.2 Å². The quantitative estimate of drug-likeness (QED) is 0.587. The van der Waals surface area contributed by atoms with Crippen molar-refractivity contribution in [1.82, 2.24) is 5.43 Å². The Labute approximate surface area is 165 Å². The van der Waals surface area contributed by atoms with Gasteiger partial charge in [-0.3, -0.25) is 9.59 Å². The number of ether oxygens (including phenoxy) is 2. The van der Waals surface area contributed by atoms with Gasteiger partial charge in [-0.2, -0.15) is 5.10 Å². The summed E-state index contributed by atoms with van der Waals surface area (Å²) in [4.78, 5) is 23.3. The lowest BCUT2D eigenvalue weighted by Gasteiger charge is -2.18. The van der Waals surface area contributed by atoms with E-state index in [1.165, 1.54) is 6.07 Å². The number of amides is 2. The predicted molar refractivity (Wildman–Crippen MR) is 103 cm³/mol. The fraction of sp³-hybridized carbons (Fsp3) is 0.167. The minimum absolute atomic E-state index is 0.00683. The Balaban J connectivity index is 1.59. The molecule has 0 saturated carbocycles. The number of nitrogens with one attached hydrogen (secondary N) is 2. The molecule has 1 aliphatic rings. The minimum Gasteiger partial charge on any atom is -0.482 e. The zero-order valence-corrected chi connectivity index (χ0v) is 15.7. The van der Waals surface area contributed by atoms with Gasteiger partial charge in [0.1, 0.15) is 11.5 Å². The SMILES string of the molecule is C/C(=N/NC(=O)COc1ccc(Cl)cc1Cl)c1ccc2c(c1)NC(=O)CO2. The van der Waals surface area contributed by atoms with Crippen LogP contribution in [-0.2, 0) is 9.59 Å². The highest BCUT2D eigenvalue weighted by Gasteiger charge is 2.16. The first-order valence-corrected chi connectivity index (χ1v) is 8.66. The summed E-state index contributed by atoms with van der Waals surface area (Å²) in [7, 11) is 0. The summed E-state index contributed by atoms with van der Waals surface area (Å²) in [6, 6.07) is 9.96. The molecule has 0 aliphatic carbocycles. The number of hydrogen-bond donors (Lipinski definition) is 2. The van der Waals surface area contributed by atoms with E-state index in [9.17, 15) is 9.59 Å². The van der Waals surface area contributed by atoms with Gasteiger partial charge in [0.25, 0.3) is 11.8 Å². The van der Waals surface area contributed by atoms with Gasteiger partial charge in [-0.25, -0.2) is 5.43 Å². The fourth-order valence-electron chi connectivity index (χ4n) is 2.29. The van der Waals surface area contributed by atoms with Crippen LogP contribution in [0.2, 0.25) is 10.0 Å². The normalized spacial score (nSPS) is 13.3. The van der Waals surface area contributed by atoms with E-state index in [1.807, 2.05) is 0 Å². The van der Waals surface area contributed by atoms with Crippen LogP contribution in [0, 0.1) is 0 Å². The van der Waals surface area contributed by atoms with Crippen molar-refractivity contribution in [3.63, 3.8) is 0 Å². The second-order valence-corrected chi connectivity index (χ2v) is 6.49. The minimum atomic E-state index is -0.449. The zero-order chi connectivity index (χ0) is 19.4. The summed E-state index contributed by atoms with van der Waals surface area (Å²) < 4.78 is 10.6. The number of halogens is 2. The van der Waals surface area contributed by atoms with Crippen molar-refractivity contribution in [3.8, 4) is 11.5 Å². The molecule has 0 saturated heterocycles. The van der Waals surface area contributed by atoms with Crippen LogP contribution >= 0.6 is 23.2 Å². The summed E-state index contributed by atoms with van der Waals surface area (Å²) in [5.41, 5.74) is 4.24. The number of carbonyl (C=O) groups is 2. The van der Waals surface area contributed by atoms with Gasteiger partial charge < -0.3 is 14.8 Å². The van der Waals surface area contributed by atoms with Gasteiger partial charge in [-0.1, -0.05) is 23.2 Å². The van der Waals surface area contributed by atoms with E-state index in [-0.39, 0.29) is 19.1 Å². The lowest BCUT2D eigenvalue weighted by molar-refractivity contribution is -0.123. The maximum atomic E-state index is 11.9. The van der Waals surface area contributed by atoms with Crippen molar-refractivity contribution in [2.75, 3.05) is 18.5 Å². The average Bonchev–Trinajstić information content (AvgIpc) is 2.64. The van der Waals surface area contributed by atoms with Crippen LogP contribution in [0.15, 0.2) is 41.5 Å². The van der Waals surface area contributed by atoms with E-state index in [1.54, 1.807) is 37.3 Å². The molecule has 0 atom stereocenters. The Morgan fingerprint density at radius 1 is 1.30 bits per heavy atom. The summed E-state index contributed by atoms with van der Waals surface area (Å²) in [5, 5.41) is 7.55. The molecule has 1 heterocycles. The van der Waals surface area contributed by atoms with Crippen molar-refractivity contribution in [2.24, 2.45) is 5.10 Å². The number of benzene rings is 2. The van der Waals surface area contributed by atoms with E-state index in [0.717, 1.165) is 5.56 Å². The van der Waals surface area contributed by atoms with Crippen LogP contribution < -0.4 is 20.2 Å². The summed E-state index contributed by atoms with van der Waals surface area (Å²) in [5.74, 6) is 0.265. The number of rotatable bonds is 5. The van der Waals surface area contributed by atoms with Crippen LogP contribution in [0.3, 0.4) is 0 Å². The largest absolute Gasteiger partial charge is 0.482 e. The van der Waals surface area contributed by atoms with E-state index in [4.69, 9.17) is 32.7 Å². The fourth-order valence-corrected chi connectivity index (χ4v) is 2.75. The Bertz CT molecular complexity index is 931. The van der Waals surface area contributed by atoms with E-state index in [2.05, 4.69) is 15.8 Å². The molecule has 0 bridgehead atoms. The summed E-state index contributed by atoms with van der Waals surface area (Å²) in [6.07, 6.45) is 0. The Morgan fingerprint density at radius 3 is 2.89 bits per heavy atom. The molecule has 0 radical (unpaired) electrons. The molecule has 2 amide bonds. The van der Waals surface area contributed by atoms with Crippen LogP contribution in [0.5, 0.6) is 11.5 Å². The molecule has 9 heteroatoms. The Morgan fingerprint density at radius 2 is 2.11 bits per heavy atom. The lowest BCUT2D eigenvalue weighted by Crippen LogP contribution is -2.26. The maximum Gasteiger partial charge on any atom is 0.277 e. The standard InChI is InChI=1S/C18H15Cl2N3O4/c1-10(11-2-4-16-14(6-11)21-17(24)8-27-16)22-23-18(25)9-26-15-5-3-12(19)7-13(15)20/h2-7H,8-9H2,1H3,(H,21,24)(H,23,25)/b22-10-. The zero-order valence-electron chi connectivity index (χ0n) is 14.2. The second kappa shape index (κ2) is 8.28. The third-order valence-electron chi connectivity index (χ3n) is 3.63. The molecule has 0 spiro atoms. The first-order valence-electron chi connectivity index (χ1n) is 7.90. The first kappa shape index (κ1) is 19.0. The van der Waals surface area contributed by atoms with Crippen LogP contribution in [0.1, 0.15) is 12.5 Å². The van der Waals surface area contributed by atoms with Crippen molar-refractivity contribution in [3.05, 3.63) is 52.0 Å². The first-order chi connectivity index (χ1) is 12.9. The van der Waals surface area contributed by atoms with Gasteiger partial charge >= 0.3 is 0 Å². The van der Waals surface area contributed by atoms with Crippen LogP contribution in [-0.4, -0.2) is 30.7 Å². The third kappa shape index (κ3) is 4.90. The molecule has 2 N–H and O–H groups in total. The van der Waals surface area contributed by atoms with Crippen molar-refractivity contribution >= 4 is 46.4 Å². The monoisotopic (exact) mass is 407 g/mol. The molecule has 0 unspecified atom stereocenters.